The van der Waals surface area contributed by atoms with E-state index in [4.69, 9.17) is 9.47 Å². The van der Waals surface area contributed by atoms with Crippen LogP contribution in [0.2, 0.25) is 0 Å². The molecule has 0 radical (unpaired) electrons. The smallest absolute Gasteiger partial charge is 0.257 e. The van der Waals surface area contributed by atoms with Gasteiger partial charge in [-0.15, -0.1) is 0 Å². The van der Waals surface area contributed by atoms with Gasteiger partial charge in [0.15, 0.2) is 0 Å². The molecule has 2 aromatic rings. The average molecular weight is 412 g/mol. The zero-order valence-corrected chi connectivity index (χ0v) is 18.0. The fourth-order valence-electron chi connectivity index (χ4n) is 4.69. The molecule has 30 heavy (non-hydrogen) atoms. The van der Waals surface area contributed by atoms with Crippen LogP contribution < -0.4 is 0 Å². The van der Waals surface area contributed by atoms with Crippen LogP contribution in [-0.4, -0.2) is 52.5 Å². The Morgan fingerprint density at radius 1 is 1.27 bits per heavy atom. The number of aromatic nitrogens is 2. The lowest BCUT2D eigenvalue weighted by molar-refractivity contribution is -0.126. The Labute approximate surface area is 179 Å². The SMILES string of the molecule is CCn1cc(C(=O)N2CCC3(CC2)CC(CCOCc2ccccc2)CCO3)cn1. The quantitative estimate of drug-likeness (QED) is 0.648. The highest BCUT2D eigenvalue weighted by Crippen LogP contribution is 2.39. The summed E-state index contributed by atoms with van der Waals surface area (Å²) in [4.78, 5) is 14.7. The molecule has 3 heterocycles. The maximum atomic E-state index is 12.8. The highest BCUT2D eigenvalue weighted by atomic mass is 16.5. The summed E-state index contributed by atoms with van der Waals surface area (Å²) >= 11 is 0. The summed E-state index contributed by atoms with van der Waals surface area (Å²) in [5.74, 6) is 0.728. The molecule has 1 amide bonds. The van der Waals surface area contributed by atoms with Crippen molar-refractivity contribution < 1.29 is 14.3 Å². The molecule has 1 aromatic carbocycles. The predicted octanol–water partition coefficient (Wildman–Crippen LogP) is 3.91. The van der Waals surface area contributed by atoms with Crippen molar-refractivity contribution in [3.63, 3.8) is 0 Å². The number of rotatable bonds is 7. The second-order valence-corrected chi connectivity index (χ2v) is 8.59. The minimum Gasteiger partial charge on any atom is -0.377 e. The third-order valence-corrected chi connectivity index (χ3v) is 6.54. The Kier molecular flexibility index (Phi) is 6.85. The van der Waals surface area contributed by atoms with Crippen molar-refractivity contribution in [3.8, 4) is 0 Å². The lowest BCUT2D eigenvalue weighted by atomic mass is 9.78. The molecule has 4 rings (SSSR count). The van der Waals surface area contributed by atoms with Crippen molar-refractivity contribution in [2.24, 2.45) is 5.92 Å². The zero-order chi connectivity index (χ0) is 20.8. The van der Waals surface area contributed by atoms with E-state index in [0.29, 0.717) is 18.1 Å². The van der Waals surface area contributed by atoms with Crippen molar-refractivity contribution >= 4 is 5.91 Å². The van der Waals surface area contributed by atoms with Gasteiger partial charge in [-0.1, -0.05) is 30.3 Å². The maximum absolute atomic E-state index is 12.8. The molecule has 2 saturated heterocycles. The second kappa shape index (κ2) is 9.75. The highest BCUT2D eigenvalue weighted by Gasteiger charge is 2.41. The van der Waals surface area contributed by atoms with Gasteiger partial charge < -0.3 is 14.4 Å². The first kappa shape index (κ1) is 21.1. The van der Waals surface area contributed by atoms with Gasteiger partial charge in [0.25, 0.3) is 5.91 Å². The predicted molar refractivity (Wildman–Crippen MR) is 115 cm³/mol. The van der Waals surface area contributed by atoms with Crippen LogP contribution in [-0.2, 0) is 22.6 Å². The maximum Gasteiger partial charge on any atom is 0.257 e. The number of carbonyl (C=O) groups is 1. The van der Waals surface area contributed by atoms with Gasteiger partial charge in [-0.05, 0) is 50.5 Å². The van der Waals surface area contributed by atoms with Crippen LogP contribution in [0.15, 0.2) is 42.7 Å². The van der Waals surface area contributed by atoms with E-state index in [1.54, 1.807) is 10.9 Å². The Morgan fingerprint density at radius 3 is 2.80 bits per heavy atom. The van der Waals surface area contributed by atoms with Gasteiger partial charge >= 0.3 is 0 Å². The summed E-state index contributed by atoms with van der Waals surface area (Å²) in [7, 11) is 0. The van der Waals surface area contributed by atoms with Crippen molar-refractivity contribution in [2.75, 3.05) is 26.3 Å². The number of benzene rings is 1. The largest absolute Gasteiger partial charge is 0.377 e. The number of piperidine rings is 1. The van der Waals surface area contributed by atoms with Crippen LogP contribution >= 0.6 is 0 Å². The van der Waals surface area contributed by atoms with Crippen LogP contribution in [0.3, 0.4) is 0 Å². The highest BCUT2D eigenvalue weighted by molar-refractivity contribution is 5.93. The van der Waals surface area contributed by atoms with Crippen LogP contribution in [0.4, 0.5) is 0 Å². The minimum atomic E-state index is -0.0628. The van der Waals surface area contributed by atoms with Crippen molar-refractivity contribution in [1.82, 2.24) is 14.7 Å². The molecule has 1 atom stereocenters. The fourth-order valence-corrected chi connectivity index (χ4v) is 4.69. The summed E-state index contributed by atoms with van der Waals surface area (Å²) < 4.78 is 14.0. The fraction of sp³-hybridized carbons (Fsp3) is 0.583. The molecule has 6 heteroatoms. The van der Waals surface area contributed by atoms with E-state index in [1.165, 1.54) is 5.56 Å². The molecular weight excluding hydrogens is 378 g/mol. The Bertz CT molecular complexity index is 812. The summed E-state index contributed by atoms with van der Waals surface area (Å²) in [6.45, 7) is 6.61. The molecule has 6 nitrogen and oxygen atoms in total. The van der Waals surface area contributed by atoms with Gasteiger partial charge in [0.1, 0.15) is 0 Å². The van der Waals surface area contributed by atoms with Gasteiger partial charge in [0, 0.05) is 39.0 Å². The van der Waals surface area contributed by atoms with E-state index in [0.717, 1.165) is 65.0 Å². The van der Waals surface area contributed by atoms with Gasteiger partial charge in [-0.2, -0.15) is 5.10 Å². The standard InChI is InChI=1S/C24H33N3O3/c1-2-27-18-22(17-25-27)23(28)26-12-10-24(11-13-26)16-20(9-15-30-24)8-14-29-19-21-6-4-3-5-7-21/h3-7,17-18,20H,2,8-16,19H2,1H3. The number of likely N-dealkylation sites (tertiary alicyclic amines) is 1. The van der Waals surface area contributed by atoms with Gasteiger partial charge in [-0.3, -0.25) is 9.48 Å². The lowest BCUT2D eigenvalue weighted by Crippen LogP contribution is -2.50. The first-order chi connectivity index (χ1) is 14.7. The number of hydrogen-bond acceptors (Lipinski definition) is 4. The van der Waals surface area contributed by atoms with E-state index < -0.39 is 0 Å². The van der Waals surface area contributed by atoms with E-state index in [-0.39, 0.29) is 11.5 Å². The van der Waals surface area contributed by atoms with E-state index in [2.05, 4.69) is 17.2 Å². The van der Waals surface area contributed by atoms with Crippen molar-refractivity contribution in [3.05, 3.63) is 53.9 Å². The van der Waals surface area contributed by atoms with Crippen LogP contribution in [0.5, 0.6) is 0 Å². The molecule has 0 saturated carbocycles. The van der Waals surface area contributed by atoms with E-state index in [1.807, 2.05) is 36.2 Å². The minimum absolute atomic E-state index is 0.0628. The number of nitrogens with zero attached hydrogens (tertiary/aromatic N) is 3. The molecule has 2 aliphatic heterocycles. The number of hydrogen-bond donors (Lipinski definition) is 0. The summed E-state index contributed by atoms with van der Waals surface area (Å²) in [6.07, 6.45) is 8.63. The number of amides is 1. The Morgan fingerprint density at radius 2 is 2.07 bits per heavy atom. The summed E-state index contributed by atoms with van der Waals surface area (Å²) in [5, 5.41) is 4.23. The molecule has 0 aliphatic carbocycles. The first-order valence-electron chi connectivity index (χ1n) is 11.2. The molecule has 162 valence electrons. The monoisotopic (exact) mass is 411 g/mol. The number of carbonyl (C=O) groups excluding carboxylic acids is 1. The molecular formula is C24H33N3O3. The Hall–Kier alpha value is -2.18. The van der Waals surface area contributed by atoms with Crippen LogP contribution in [0.1, 0.15) is 54.9 Å². The van der Waals surface area contributed by atoms with E-state index in [9.17, 15) is 4.79 Å². The van der Waals surface area contributed by atoms with E-state index >= 15 is 0 Å². The normalized spacial score (nSPS) is 21.1. The van der Waals surface area contributed by atoms with Crippen molar-refractivity contribution in [1.29, 1.82) is 0 Å². The van der Waals surface area contributed by atoms with Crippen LogP contribution in [0, 0.1) is 5.92 Å². The van der Waals surface area contributed by atoms with Gasteiger partial charge in [0.2, 0.25) is 0 Å². The first-order valence-corrected chi connectivity index (χ1v) is 11.2. The third kappa shape index (κ3) is 5.10. The summed E-state index contributed by atoms with van der Waals surface area (Å²) in [6, 6.07) is 10.3. The number of ether oxygens (including phenoxy) is 2. The molecule has 0 bridgehead atoms. The third-order valence-electron chi connectivity index (χ3n) is 6.54. The average Bonchev–Trinajstić information content (AvgIpc) is 3.27. The van der Waals surface area contributed by atoms with Gasteiger partial charge in [-0.25, -0.2) is 0 Å². The van der Waals surface area contributed by atoms with Crippen molar-refractivity contribution in [2.45, 2.75) is 57.8 Å². The molecule has 1 unspecified atom stereocenters. The molecule has 1 aromatic heterocycles. The summed E-state index contributed by atoms with van der Waals surface area (Å²) in [5.41, 5.74) is 1.85. The Balaban J connectivity index is 1.22. The van der Waals surface area contributed by atoms with Gasteiger partial charge in [0.05, 0.1) is 24.0 Å². The molecule has 1 spiro atoms. The topological polar surface area (TPSA) is 56.6 Å². The zero-order valence-electron chi connectivity index (χ0n) is 18.0. The molecule has 2 fully saturated rings. The van der Waals surface area contributed by atoms with Crippen LogP contribution in [0.25, 0.3) is 0 Å². The molecule has 0 N–H and O–H groups in total. The second-order valence-electron chi connectivity index (χ2n) is 8.59. The number of aryl methyl sites for hydroxylation is 1. The lowest BCUT2D eigenvalue weighted by Gasteiger charge is -2.46. The molecule has 2 aliphatic rings.